The number of anilines is 2. The van der Waals surface area contributed by atoms with Gasteiger partial charge in [-0.15, -0.1) is 0 Å². The van der Waals surface area contributed by atoms with Gasteiger partial charge in [0.15, 0.2) is 11.5 Å². The molecule has 1 aliphatic rings. The molecule has 0 saturated carbocycles. The van der Waals surface area contributed by atoms with E-state index in [1.165, 1.54) is 7.11 Å². The Bertz CT molecular complexity index is 492. The number of aromatic nitrogens is 1. The van der Waals surface area contributed by atoms with Crippen molar-refractivity contribution in [3.05, 3.63) is 17.8 Å². The summed E-state index contributed by atoms with van der Waals surface area (Å²) in [6.07, 6.45) is 0.910. The van der Waals surface area contributed by atoms with Crippen LogP contribution in [0.5, 0.6) is 0 Å². The maximum Gasteiger partial charge on any atom is 0.356 e. The molecule has 104 valence electrons. The highest BCUT2D eigenvalue weighted by molar-refractivity contribution is 5.88. The van der Waals surface area contributed by atoms with Gasteiger partial charge in [0.05, 0.1) is 24.4 Å². The molecule has 1 aromatic heterocycles. The smallest absolute Gasteiger partial charge is 0.356 e. The van der Waals surface area contributed by atoms with Gasteiger partial charge < -0.3 is 20.5 Å². The first kappa shape index (κ1) is 13.6. The first-order valence-electron chi connectivity index (χ1n) is 6.21. The van der Waals surface area contributed by atoms with Crippen LogP contribution in [0.2, 0.25) is 0 Å². The third kappa shape index (κ3) is 2.63. The zero-order chi connectivity index (χ0) is 14.0. The lowest BCUT2D eigenvalue weighted by Gasteiger charge is -2.30. The molecule has 0 radical (unpaired) electrons. The summed E-state index contributed by atoms with van der Waals surface area (Å²) in [6.45, 7) is 4.75. The SMILES string of the molecule is COC(=O)c1ccc(N)c(NC2(C)CCOC2C)n1. The van der Waals surface area contributed by atoms with Crippen molar-refractivity contribution in [3.63, 3.8) is 0 Å². The average Bonchev–Trinajstić information content (AvgIpc) is 2.71. The highest BCUT2D eigenvalue weighted by Gasteiger charge is 2.37. The normalized spacial score (nSPS) is 26.2. The summed E-state index contributed by atoms with van der Waals surface area (Å²) < 4.78 is 10.2. The Balaban J connectivity index is 2.26. The fourth-order valence-electron chi connectivity index (χ4n) is 2.06. The van der Waals surface area contributed by atoms with Crippen LogP contribution in [0.15, 0.2) is 12.1 Å². The summed E-state index contributed by atoms with van der Waals surface area (Å²) in [5.41, 5.74) is 6.38. The van der Waals surface area contributed by atoms with Crippen molar-refractivity contribution < 1.29 is 14.3 Å². The molecule has 2 atom stereocenters. The molecule has 0 aromatic carbocycles. The molecular formula is C13H19N3O3. The third-order valence-electron chi connectivity index (χ3n) is 3.61. The number of pyridine rings is 1. The van der Waals surface area contributed by atoms with E-state index in [1.807, 2.05) is 6.92 Å². The number of rotatable bonds is 3. The number of nitrogen functional groups attached to an aromatic ring is 1. The highest BCUT2D eigenvalue weighted by atomic mass is 16.5. The first-order valence-corrected chi connectivity index (χ1v) is 6.21. The number of hydrogen-bond acceptors (Lipinski definition) is 6. The second kappa shape index (κ2) is 5.05. The number of nitrogens with two attached hydrogens (primary N) is 1. The van der Waals surface area contributed by atoms with Crippen LogP contribution in [0.4, 0.5) is 11.5 Å². The van der Waals surface area contributed by atoms with Gasteiger partial charge in [0.1, 0.15) is 0 Å². The Hall–Kier alpha value is -1.82. The zero-order valence-corrected chi connectivity index (χ0v) is 11.4. The van der Waals surface area contributed by atoms with Crippen LogP contribution in [0, 0.1) is 0 Å². The van der Waals surface area contributed by atoms with Crippen molar-refractivity contribution in [2.45, 2.75) is 31.9 Å². The minimum absolute atomic E-state index is 0.0514. The van der Waals surface area contributed by atoms with Crippen LogP contribution in [0.25, 0.3) is 0 Å². The van der Waals surface area contributed by atoms with Gasteiger partial charge in [0.25, 0.3) is 0 Å². The van der Waals surface area contributed by atoms with Gasteiger partial charge in [-0.05, 0) is 32.4 Å². The fraction of sp³-hybridized carbons (Fsp3) is 0.538. The van der Waals surface area contributed by atoms with Gasteiger partial charge in [-0.1, -0.05) is 0 Å². The van der Waals surface area contributed by atoms with Gasteiger partial charge in [-0.25, -0.2) is 9.78 Å². The maximum atomic E-state index is 11.5. The Kier molecular flexibility index (Phi) is 3.61. The maximum absolute atomic E-state index is 11.5. The molecule has 2 heterocycles. The largest absolute Gasteiger partial charge is 0.464 e. The number of nitrogens with one attached hydrogen (secondary N) is 1. The van der Waals surface area contributed by atoms with E-state index in [0.717, 1.165) is 6.42 Å². The molecule has 2 unspecified atom stereocenters. The van der Waals surface area contributed by atoms with Crippen molar-refractivity contribution >= 4 is 17.5 Å². The Morgan fingerprint density at radius 3 is 2.95 bits per heavy atom. The Morgan fingerprint density at radius 1 is 1.63 bits per heavy atom. The van der Waals surface area contributed by atoms with Gasteiger partial charge >= 0.3 is 5.97 Å². The standard InChI is InChI=1S/C13H19N3O3/c1-8-13(2,6-7-19-8)16-11-9(14)4-5-10(15-11)12(17)18-3/h4-5,8H,6-7,14H2,1-3H3,(H,15,16). The molecule has 2 rings (SSSR count). The molecule has 1 aliphatic heterocycles. The Morgan fingerprint density at radius 2 is 2.37 bits per heavy atom. The summed E-state index contributed by atoms with van der Waals surface area (Å²) >= 11 is 0. The van der Waals surface area contributed by atoms with Crippen LogP contribution in [0.3, 0.4) is 0 Å². The first-order chi connectivity index (χ1) is 8.96. The number of methoxy groups -OCH3 is 1. The molecule has 1 fully saturated rings. The lowest BCUT2D eigenvalue weighted by Crippen LogP contribution is -2.41. The molecule has 0 bridgehead atoms. The van der Waals surface area contributed by atoms with Gasteiger partial charge in [-0.2, -0.15) is 0 Å². The zero-order valence-electron chi connectivity index (χ0n) is 11.4. The molecule has 19 heavy (non-hydrogen) atoms. The molecule has 6 nitrogen and oxygen atoms in total. The lowest BCUT2D eigenvalue weighted by atomic mass is 9.94. The van der Waals surface area contributed by atoms with Gasteiger partial charge in [0, 0.05) is 6.61 Å². The molecule has 0 aliphatic carbocycles. The van der Waals surface area contributed by atoms with E-state index in [2.05, 4.69) is 22.0 Å². The highest BCUT2D eigenvalue weighted by Crippen LogP contribution is 2.30. The van der Waals surface area contributed by atoms with Crippen molar-refractivity contribution in [2.24, 2.45) is 0 Å². The van der Waals surface area contributed by atoms with Crippen LogP contribution < -0.4 is 11.1 Å². The molecule has 6 heteroatoms. The van der Waals surface area contributed by atoms with E-state index in [1.54, 1.807) is 12.1 Å². The lowest BCUT2D eigenvalue weighted by molar-refractivity contribution is 0.0594. The van der Waals surface area contributed by atoms with Crippen LogP contribution in [-0.2, 0) is 9.47 Å². The van der Waals surface area contributed by atoms with E-state index >= 15 is 0 Å². The van der Waals surface area contributed by atoms with Gasteiger partial charge in [-0.3, -0.25) is 0 Å². The number of ether oxygens (including phenoxy) is 2. The van der Waals surface area contributed by atoms with E-state index in [9.17, 15) is 4.79 Å². The average molecular weight is 265 g/mol. The number of nitrogens with zero attached hydrogens (tertiary/aromatic N) is 1. The topological polar surface area (TPSA) is 86.5 Å². The van der Waals surface area contributed by atoms with Crippen LogP contribution in [0.1, 0.15) is 30.8 Å². The Labute approximate surface area is 112 Å². The van der Waals surface area contributed by atoms with E-state index < -0.39 is 5.97 Å². The van der Waals surface area contributed by atoms with Crippen molar-refractivity contribution in [1.82, 2.24) is 4.98 Å². The third-order valence-corrected chi connectivity index (χ3v) is 3.61. The fourth-order valence-corrected chi connectivity index (χ4v) is 2.06. The monoisotopic (exact) mass is 265 g/mol. The summed E-state index contributed by atoms with van der Waals surface area (Å²) in [5, 5.41) is 3.29. The molecule has 3 N–H and O–H groups in total. The molecule has 0 spiro atoms. The quantitative estimate of drug-likeness (QED) is 0.804. The second-order valence-corrected chi connectivity index (χ2v) is 4.93. The van der Waals surface area contributed by atoms with E-state index in [0.29, 0.717) is 18.1 Å². The summed E-state index contributed by atoms with van der Waals surface area (Å²) in [6, 6.07) is 3.19. The minimum atomic E-state index is -0.482. The summed E-state index contributed by atoms with van der Waals surface area (Å²) in [5.74, 6) is 0.00618. The van der Waals surface area contributed by atoms with Crippen LogP contribution in [-0.4, -0.2) is 36.3 Å². The molecule has 1 aromatic rings. The van der Waals surface area contributed by atoms with E-state index in [-0.39, 0.29) is 17.3 Å². The van der Waals surface area contributed by atoms with Crippen molar-refractivity contribution in [3.8, 4) is 0 Å². The van der Waals surface area contributed by atoms with Crippen LogP contribution >= 0.6 is 0 Å². The summed E-state index contributed by atoms with van der Waals surface area (Å²) in [7, 11) is 1.32. The van der Waals surface area contributed by atoms with Crippen molar-refractivity contribution in [2.75, 3.05) is 24.8 Å². The van der Waals surface area contributed by atoms with Gasteiger partial charge in [0.2, 0.25) is 0 Å². The number of carbonyl (C=O) groups is 1. The minimum Gasteiger partial charge on any atom is -0.464 e. The van der Waals surface area contributed by atoms with E-state index in [4.69, 9.17) is 10.5 Å². The molecular weight excluding hydrogens is 246 g/mol. The predicted octanol–water partition coefficient (Wildman–Crippen LogP) is 1.43. The predicted molar refractivity (Wildman–Crippen MR) is 72.0 cm³/mol. The second-order valence-electron chi connectivity index (χ2n) is 4.93. The number of esters is 1. The molecule has 1 saturated heterocycles. The van der Waals surface area contributed by atoms with Crippen molar-refractivity contribution in [1.29, 1.82) is 0 Å². The molecule has 0 amide bonds. The number of carbonyl (C=O) groups excluding carboxylic acids is 1. The number of hydrogen-bond donors (Lipinski definition) is 2. The summed E-state index contributed by atoms with van der Waals surface area (Å²) in [4.78, 5) is 15.7.